The number of hydrogen-bond donors (Lipinski definition) is 2. The minimum absolute atomic E-state index is 0.0161. The Bertz CT molecular complexity index is 517. The average molecular weight is 277 g/mol. The molecule has 2 N–H and O–H groups in total. The molecule has 2 rings (SSSR count). The predicted octanol–water partition coefficient (Wildman–Crippen LogP) is 3.04. The zero-order valence-corrected chi connectivity index (χ0v) is 11.9. The van der Waals surface area contributed by atoms with Gasteiger partial charge in [-0.3, -0.25) is 4.79 Å². The maximum atomic E-state index is 12.1. The highest BCUT2D eigenvalue weighted by Crippen LogP contribution is 2.25. The van der Waals surface area contributed by atoms with Crippen molar-refractivity contribution in [3.63, 3.8) is 0 Å². The lowest BCUT2D eigenvalue weighted by Crippen LogP contribution is -2.28. The minimum Gasteiger partial charge on any atom is -0.396 e. The Hall–Kier alpha value is -1.39. The fourth-order valence-corrected chi connectivity index (χ4v) is 3.03. The molecule has 0 saturated heterocycles. The van der Waals surface area contributed by atoms with E-state index in [1.165, 1.54) is 11.3 Å². The van der Waals surface area contributed by atoms with Gasteiger partial charge in [0.25, 0.3) is 5.91 Å². The van der Waals surface area contributed by atoms with Gasteiger partial charge < -0.3 is 10.4 Å². The lowest BCUT2D eigenvalue weighted by molar-refractivity contribution is 0.0947. The van der Waals surface area contributed by atoms with Gasteiger partial charge in [0.2, 0.25) is 0 Å². The highest BCUT2D eigenvalue weighted by atomic mass is 32.1. The van der Waals surface area contributed by atoms with E-state index in [9.17, 15) is 4.79 Å². The van der Waals surface area contributed by atoms with Crippen LogP contribution in [0.3, 0.4) is 0 Å². The SMILES string of the molecule is CCC(CCO)CNC(=O)c1cc2ccccc2s1. The molecule has 4 heteroatoms. The monoisotopic (exact) mass is 277 g/mol. The van der Waals surface area contributed by atoms with Gasteiger partial charge in [0.15, 0.2) is 0 Å². The van der Waals surface area contributed by atoms with Crippen molar-refractivity contribution in [2.24, 2.45) is 5.92 Å². The molecule has 1 aromatic carbocycles. The second-order valence-electron chi connectivity index (χ2n) is 4.65. The van der Waals surface area contributed by atoms with Gasteiger partial charge >= 0.3 is 0 Å². The molecular formula is C15H19NO2S. The Balaban J connectivity index is 1.99. The van der Waals surface area contributed by atoms with E-state index in [1.54, 1.807) is 0 Å². The maximum absolute atomic E-state index is 12.1. The third-order valence-corrected chi connectivity index (χ3v) is 4.43. The highest BCUT2D eigenvalue weighted by Gasteiger charge is 2.12. The van der Waals surface area contributed by atoms with Crippen LogP contribution in [0.1, 0.15) is 29.4 Å². The number of hydrogen-bond acceptors (Lipinski definition) is 3. The summed E-state index contributed by atoms with van der Waals surface area (Å²) >= 11 is 1.52. The largest absolute Gasteiger partial charge is 0.396 e. The lowest BCUT2D eigenvalue weighted by atomic mass is 10.0. The van der Waals surface area contributed by atoms with Gasteiger partial charge in [-0.1, -0.05) is 31.5 Å². The number of nitrogens with one attached hydrogen (secondary N) is 1. The van der Waals surface area contributed by atoms with Gasteiger partial charge in [-0.15, -0.1) is 11.3 Å². The van der Waals surface area contributed by atoms with Crippen molar-refractivity contribution in [2.75, 3.05) is 13.2 Å². The lowest BCUT2D eigenvalue weighted by Gasteiger charge is -2.13. The molecule has 1 unspecified atom stereocenters. The van der Waals surface area contributed by atoms with Crippen molar-refractivity contribution in [3.05, 3.63) is 35.2 Å². The second-order valence-corrected chi connectivity index (χ2v) is 5.73. The van der Waals surface area contributed by atoms with E-state index in [0.29, 0.717) is 12.5 Å². The fraction of sp³-hybridized carbons (Fsp3) is 0.400. The van der Waals surface area contributed by atoms with Crippen molar-refractivity contribution >= 4 is 27.3 Å². The molecule has 1 heterocycles. The summed E-state index contributed by atoms with van der Waals surface area (Å²) in [5, 5.41) is 13.0. The molecule has 0 bridgehead atoms. The number of carbonyl (C=O) groups is 1. The quantitative estimate of drug-likeness (QED) is 0.852. The molecule has 0 saturated carbocycles. The van der Waals surface area contributed by atoms with E-state index in [1.807, 2.05) is 30.3 Å². The molecule has 1 aromatic heterocycles. The van der Waals surface area contributed by atoms with Crippen LogP contribution in [0.2, 0.25) is 0 Å². The summed E-state index contributed by atoms with van der Waals surface area (Å²) in [5.74, 6) is 0.334. The third-order valence-electron chi connectivity index (χ3n) is 3.32. The molecule has 0 aliphatic rings. The highest BCUT2D eigenvalue weighted by molar-refractivity contribution is 7.20. The Morgan fingerprint density at radius 1 is 1.42 bits per heavy atom. The average Bonchev–Trinajstić information content (AvgIpc) is 2.87. The molecule has 1 amide bonds. The van der Waals surface area contributed by atoms with Crippen molar-refractivity contribution in [1.82, 2.24) is 5.32 Å². The molecule has 0 fully saturated rings. The smallest absolute Gasteiger partial charge is 0.261 e. The van der Waals surface area contributed by atoms with Crippen LogP contribution >= 0.6 is 11.3 Å². The van der Waals surface area contributed by atoms with E-state index in [0.717, 1.165) is 27.8 Å². The van der Waals surface area contributed by atoms with Crippen LogP contribution in [0.4, 0.5) is 0 Å². The van der Waals surface area contributed by atoms with Crippen molar-refractivity contribution < 1.29 is 9.90 Å². The predicted molar refractivity (Wildman–Crippen MR) is 79.6 cm³/mol. The Morgan fingerprint density at radius 2 is 2.21 bits per heavy atom. The van der Waals surface area contributed by atoms with Gasteiger partial charge in [-0.25, -0.2) is 0 Å². The standard InChI is InChI=1S/C15H19NO2S/c1-2-11(7-8-17)10-16-15(18)14-9-12-5-3-4-6-13(12)19-14/h3-6,9,11,17H,2,7-8,10H2,1H3,(H,16,18). The summed E-state index contributed by atoms with van der Waals surface area (Å²) in [4.78, 5) is 12.8. The molecular weight excluding hydrogens is 258 g/mol. The van der Waals surface area contributed by atoms with Crippen LogP contribution in [-0.2, 0) is 0 Å². The molecule has 0 aliphatic heterocycles. The first-order valence-corrected chi connectivity index (χ1v) is 7.44. The van der Waals surface area contributed by atoms with Crippen molar-refractivity contribution in [1.29, 1.82) is 0 Å². The molecule has 0 aliphatic carbocycles. The van der Waals surface area contributed by atoms with E-state index in [4.69, 9.17) is 5.11 Å². The Morgan fingerprint density at radius 3 is 2.89 bits per heavy atom. The maximum Gasteiger partial charge on any atom is 0.261 e. The number of thiophene rings is 1. The first-order valence-electron chi connectivity index (χ1n) is 6.62. The van der Waals surface area contributed by atoms with Crippen LogP contribution in [-0.4, -0.2) is 24.2 Å². The van der Waals surface area contributed by atoms with Crippen LogP contribution in [0.5, 0.6) is 0 Å². The number of aliphatic hydroxyl groups is 1. The molecule has 3 nitrogen and oxygen atoms in total. The summed E-state index contributed by atoms with van der Waals surface area (Å²) in [6, 6.07) is 9.93. The van der Waals surface area contributed by atoms with Crippen LogP contribution < -0.4 is 5.32 Å². The molecule has 102 valence electrons. The molecule has 2 aromatic rings. The van der Waals surface area contributed by atoms with Gasteiger partial charge in [0.1, 0.15) is 0 Å². The number of carbonyl (C=O) groups excluding carboxylic acids is 1. The first-order chi connectivity index (χ1) is 9.24. The normalized spacial score (nSPS) is 12.5. The summed E-state index contributed by atoms with van der Waals surface area (Å²) < 4.78 is 1.13. The minimum atomic E-state index is -0.0161. The molecule has 0 spiro atoms. The van der Waals surface area contributed by atoms with Gasteiger partial charge in [-0.05, 0) is 29.9 Å². The summed E-state index contributed by atoms with van der Waals surface area (Å²) in [6.07, 6.45) is 1.70. The molecule has 19 heavy (non-hydrogen) atoms. The summed E-state index contributed by atoms with van der Waals surface area (Å²) in [6.45, 7) is 2.88. The number of fused-ring (bicyclic) bond motifs is 1. The fourth-order valence-electron chi connectivity index (χ4n) is 2.05. The van der Waals surface area contributed by atoms with Crippen LogP contribution in [0, 0.1) is 5.92 Å². The van der Waals surface area contributed by atoms with E-state index in [-0.39, 0.29) is 12.5 Å². The summed E-state index contributed by atoms with van der Waals surface area (Å²) in [5.41, 5.74) is 0. The van der Waals surface area contributed by atoms with E-state index < -0.39 is 0 Å². The van der Waals surface area contributed by atoms with Gasteiger partial charge in [0.05, 0.1) is 4.88 Å². The third kappa shape index (κ3) is 3.55. The molecule has 1 atom stereocenters. The number of benzene rings is 1. The van der Waals surface area contributed by atoms with Crippen molar-refractivity contribution in [2.45, 2.75) is 19.8 Å². The Kier molecular flexibility index (Phi) is 4.93. The van der Waals surface area contributed by atoms with E-state index >= 15 is 0 Å². The topological polar surface area (TPSA) is 49.3 Å². The molecule has 0 radical (unpaired) electrons. The Labute approximate surface area is 117 Å². The number of rotatable bonds is 6. The second kappa shape index (κ2) is 6.68. The van der Waals surface area contributed by atoms with Gasteiger partial charge in [-0.2, -0.15) is 0 Å². The summed E-state index contributed by atoms with van der Waals surface area (Å²) in [7, 11) is 0. The van der Waals surface area contributed by atoms with Gasteiger partial charge in [0, 0.05) is 17.9 Å². The zero-order valence-electron chi connectivity index (χ0n) is 11.1. The van der Waals surface area contributed by atoms with E-state index in [2.05, 4.69) is 12.2 Å². The zero-order chi connectivity index (χ0) is 13.7. The first kappa shape index (κ1) is 14.0. The number of amides is 1. The van der Waals surface area contributed by atoms with Crippen LogP contribution in [0.15, 0.2) is 30.3 Å². The number of aliphatic hydroxyl groups excluding tert-OH is 1. The van der Waals surface area contributed by atoms with Crippen LogP contribution in [0.25, 0.3) is 10.1 Å². The van der Waals surface area contributed by atoms with Crippen molar-refractivity contribution in [3.8, 4) is 0 Å².